The molecule has 0 fully saturated rings. The third kappa shape index (κ3) is 4.23. The van der Waals surface area contributed by atoms with Crippen LogP contribution in [0.2, 0.25) is 0 Å². The quantitative estimate of drug-likeness (QED) is 0.885. The standard InChI is InChI=1S/C17H22FN3O/c1-11(2)5-4-6-12(3)21-17(22)14-9-13(18)10-15-16(14)20-8-7-19-15/h7-12H,4-6H2,1-3H3,(H,21,22). The number of carbonyl (C=O) groups is 1. The van der Waals surface area contributed by atoms with Gasteiger partial charge >= 0.3 is 0 Å². The fourth-order valence-corrected chi connectivity index (χ4v) is 2.42. The minimum atomic E-state index is -0.481. The Morgan fingerprint density at radius 1 is 1.18 bits per heavy atom. The summed E-state index contributed by atoms with van der Waals surface area (Å²) in [5.74, 6) is -0.127. The molecule has 1 N–H and O–H groups in total. The van der Waals surface area contributed by atoms with E-state index in [4.69, 9.17) is 0 Å². The summed E-state index contributed by atoms with van der Waals surface area (Å²) in [5.41, 5.74) is 1.05. The zero-order valence-corrected chi connectivity index (χ0v) is 13.3. The van der Waals surface area contributed by atoms with Gasteiger partial charge in [-0.25, -0.2) is 4.39 Å². The van der Waals surface area contributed by atoms with Crippen molar-refractivity contribution in [3.05, 3.63) is 35.9 Å². The Morgan fingerprint density at radius 3 is 2.64 bits per heavy atom. The molecule has 1 amide bonds. The second-order valence-corrected chi connectivity index (χ2v) is 6.08. The average molecular weight is 303 g/mol. The third-order valence-corrected chi connectivity index (χ3v) is 3.58. The predicted octanol–water partition coefficient (Wildman–Crippen LogP) is 3.71. The average Bonchev–Trinajstić information content (AvgIpc) is 2.45. The molecule has 1 aromatic heterocycles. The highest BCUT2D eigenvalue weighted by Crippen LogP contribution is 2.17. The van der Waals surface area contributed by atoms with Gasteiger partial charge in [-0.1, -0.05) is 26.7 Å². The molecule has 0 radical (unpaired) electrons. The highest BCUT2D eigenvalue weighted by atomic mass is 19.1. The molecule has 1 aromatic carbocycles. The summed E-state index contributed by atoms with van der Waals surface area (Å²) in [5, 5.41) is 2.92. The first-order valence-corrected chi connectivity index (χ1v) is 7.68. The lowest BCUT2D eigenvalue weighted by Gasteiger charge is -2.15. The summed E-state index contributed by atoms with van der Waals surface area (Å²) in [6.45, 7) is 6.33. The Balaban J connectivity index is 2.09. The van der Waals surface area contributed by atoms with Gasteiger partial charge in [0.2, 0.25) is 0 Å². The van der Waals surface area contributed by atoms with E-state index in [1.165, 1.54) is 24.5 Å². The van der Waals surface area contributed by atoms with E-state index in [1.54, 1.807) is 0 Å². The second-order valence-electron chi connectivity index (χ2n) is 6.08. The molecule has 0 aliphatic carbocycles. The molecular formula is C17H22FN3O. The molecular weight excluding hydrogens is 281 g/mol. The molecule has 0 aliphatic heterocycles. The summed E-state index contributed by atoms with van der Waals surface area (Å²) in [7, 11) is 0. The number of rotatable bonds is 6. The number of nitrogens with zero attached hydrogens (tertiary/aromatic N) is 2. The monoisotopic (exact) mass is 303 g/mol. The van der Waals surface area contributed by atoms with Crippen LogP contribution in [0.4, 0.5) is 4.39 Å². The first-order chi connectivity index (χ1) is 10.5. The van der Waals surface area contributed by atoms with Gasteiger partial charge in [0, 0.05) is 24.5 Å². The van der Waals surface area contributed by atoms with Crippen LogP contribution in [0.3, 0.4) is 0 Å². The van der Waals surface area contributed by atoms with Gasteiger partial charge in [-0.2, -0.15) is 0 Å². The first kappa shape index (κ1) is 16.3. The van der Waals surface area contributed by atoms with E-state index in [0.717, 1.165) is 19.3 Å². The van der Waals surface area contributed by atoms with Crippen molar-refractivity contribution in [2.75, 3.05) is 0 Å². The molecule has 118 valence electrons. The summed E-state index contributed by atoms with van der Waals surface area (Å²) in [4.78, 5) is 20.6. The van der Waals surface area contributed by atoms with Gasteiger partial charge in [0.1, 0.15) is 11.3 Å². The summed E-state index contributed by atoms with van der Waals surface area (Å²) < 4.78 is 13.6. The second kappa shape index (κ2) is 7.29. The van der Waals surface area contributed by atoms with Gasteiger partial charge in [-0.05, 0) is 25.3 Å². The lowest BCUT2D eigenvalue weighted by atomic mass is 10.0. The van der Waals surface area contributed by atoms with Gasteiger partial charge in [-0.15, -0.1) is 0 Å². The number of carbonyl (C=O) groups excluding carboxylic acids is 1. The molecule has 2 rings (SSSR count). The van der Waals surface area contributed by atoms with Crippen molar-refractivity contribution in [1.82, 2.24) is 15.3 Å². The number of hydrogen-bond acceptors (Lipinski definition) is 3. The lowest BCUT2D eigenvalue weighted by Crippen LogP contribution is -2.32. The predicted molar refractivity (Wildman–Crippen MR) is 85.1 cm³/mol. The topological polar surface area (TPSA) is 54.9 Å². The molecule has 5 heteroatoms. The number of hydrogen-bond donors (Lipinski definition) is 1. The number of halogens is 1. The third-order valence-electron chi connectivity index (χ3n) is 3.58. The highest BCUT2D eigenvalue weighted by Gasteiger charge is 2.15. The molecule has 0 aliphatic rings. The van der Waals surface area contributed by atoms with E-state index in [1.807, 2.05) is 6.92 Å². The number of aromatic nitrogens is 2. The van der Waals surface area contributed by atoms with E-state index in [-0.39, 0.29) is 17.5 Å². The van der Waals surface area contributed by atoms with Crippen LogP contribution in [0.25, 0.3) is 11.0 Å². The smallest absolute Gasteiger partial charge is 0.253 e. The summed E-state index contributed by atoms with van der Waals surface area (Å²) in [6, 6.07) is 2.54. The van der Waals surface area contributed by atoms with Crippen LogP contribution in [0.1, 0.15) is 50.4 Å². The lowest BCUT2D eigenvalue weighted by molar-refractivity contribution is 0.0939. The van der Waals surface area contributed by atoms with Crippen molar-refractivity contribution in [2.24, 2.45) is 5.92 Å². The Kier molecular flexibility index (Phi) is 5.41. The van der Waals surface area contributed by atoms with Crippen LogP contribution >= 0.6 is 0 Å². The summed E-state index contributed by atoms with van der Waals surface area (Å²) in [6.07, 6.45) is 6.08. The molecule has 4 nitrogen and oxygen atoms in total. The number of benzene rings is 1. The Labute approximate surface area is 130 Å². The van der Waals surface area contributed by atoms with E-state index >= 15 is 0 Å². The van der Waals surface area contributed by atoms with Gasteiger partial charge in [0.25, 0.3) is 5.91 Å². The zero-order chi connectivity index (χ0) is 16.1. The molecule has 1 unspecified atom stereocenters. The summed E-state index contributed by atoms with van der Waals surface area (Å²) >= 11 is 0. The van der Waals surface area contributed by atoms with Crippen LogP contribution in [-0.4, -0.2) is 21.9 Å². The molecule has 0 bridgehead atoms. The van der Waals surface area contributed by atoms with Crippen molar-refractivity contribution < 1.29 is 9.18 Å². The van der Waals surface area contributed by atoms with Crippen LogP contribution in [0, 0.1) is 11.7 Å². The van der Waals surface area contributed by atoms with Gasteiger partial charge < -0.3 is 5.32 Å². The van der Waals surface area contributed by atoms with E-state index in [9.17, 15) is 9.18 Å². The van der Waals surface area contributed by atoms with Gasteiger partial charge in [-0.3, -0.25) is 14.8 Å². The SMILES string of the molecule is CC(C)CCCC(C)NC(=O)c1cc(F)cc2nccnc12. The first-order valence-electron chi connectivity index (χ1n) is 7.68. The Morgan fingerprint density at radius 2 is 1.91 bits per heavy atom. The van der Waals surface area contributed by atoms with Crippen molar-refractivity contribution in [3.63, 3.8) is 0 Å². The minimum absolute atomic E-state index is 0.0428. The van der Waals surface area contributed by atoms with E-state index in [0.29, 0.717) is 17.0 Å². The fourth-order valence-electron chi connectivity index (χ4n) is 2.42. The maximum Gasteiger partial charge on any atom is 0.253 e. The highest BCUT2D eigenvalue weighted by molar-refractivity contribution is 6.04. The zero-order valence-electron chi connectivity index (χ0n) is 13.3. The van der Waals surface area contributed by atoms with Crippen molar-refractivity contribution in [2.45, 2.75) is 46.1 Å². The fraction of sp³-hybridized carbons (Fsp3) is 0.471. The normalized spacial score (nSPS) is 12.6. The van der Waals surface area contributed by atoms with Gasteiger partial charge in [0.15, 0.2) is 0 Å². The molecule has 2 aromatic rings. The van der Waals surface area contributed by atoms with E-state index < -0.39 is 5.82 Å². The minimum Gasteiger partial charge on any atom is -0.350 e. The van der Waals surface area contributed by atoms with Crippen LogP contribution in [0.5, 0.6) is 0 Å². The van der Waals surface area contributed by atoms with Crippen molar-refractivity contribution >= 4 is 16.9 Å². The Hall–Kier alpha value is -2.04. The molecule has 1 atom stereocenters. The van der Waals surface area contributed by atoms with Crippen LogP contribution in [0.15, 0.2) is 24.5 Å². The van der Waals surface area contributed by atoms with Crippen LogP contribution in [-0.2, 0) is 0 Å². The van der Waals surface area contributed by atoms with Crippen molar-refractivity contribution in [3.8, 4) is 0 Å². The molecule has 0 spiro atoms. The van der Waals surface area contributed by atoms with Gasteiger partial charge in [0.05, 0.1) is 11.1 Å². The molecule has 0 saturated heterocycles. The number of fused-ring (bicyclic) bond motifs is 1. The largest absolute Gasteiger partial charge is 0.350 e. The van der Waals surface area contributed by atoms with Crippen LogP contribution < -0.4 is 5.32 Å². The molecule has 22 heavy (non-hydrogen) atoms. The molecule has 1 heterocycles. The number of nitrogens with one attached hydrogen (secondary N) is 1. The van der Waals surface area contributed by atoms with Crippen molar-refractivity contribution in [1.29, 1.82) is 0 Å². The maximum absolute atomic E-state index is 13.6. The Bertz CT molecular complexity index is 657. The van der Waals surface area contributed by atoms with E-state index in [2.05, 4.69) is 29.1 Å². The molecule has 0 saturated carbocycles. The number of amides is 1. The maximum atomic E-state index is 13.6.